The first-order valence-electron chi connectivity index (χ1n) is 6.52. The Bertz CT molecular complexity index is 684. The number of nitrogens with one attached hydrogen (secondary N) is 1. The minimum atomic E-state index is -0.235. The molecule has 6 heteroatoms. The molecule has 0 bridgehead atoms. The number of amides is 1. The zero-order valence-corrected chi connectivity index (χ0v) is 13.5. The lowest BCUT2D eigenvalue weighted by atomic mass is 10.1. The molecule has 0 spiro atoms. The number of aromatic hydroxyl groups is 1. The number of para-hydroxylation sites is 1. The van der Waals surface area contributed by atoms with E-state index >= 15 is 0 Å². The molecule has 5 nitrogen and oxygen atoms in total. The zero-order chi connectivity index (χ0) is 15.9. The number of hydrazone groups is 1. The maximum Gasteiger partial charge on any atom is 0.244 e. The van der Waals surface area contributed by atoms with Gasteiger partial charge in [0.25, 0.3) is 0 Å². The molecule has 0 saturated carbocycles. The van der Waals surface area contributed by atoms with E-state index in [4.69, 9.17) is 4.74 Å². The van der Waals surface area contributed by atoms with Crippen molar-refractivity contribution in [2.24, 2.45) is 5.10 Å². The summed E-state index contributed by atoms with van der Waals surface area (Å²) in [6.45, 7) is 0. The van der Waals surface area contributed by atoms with Crippen LogP contribution in [-0.2, 0) is 11.2 Å². The number of carbonyl (C=O) groups excluding carboxylic acids is 1. The van der Waals surface area contributed by atoms with Crippen molar-refractivity contribution in [1.82, 2.24) is 5.43 Å². The summed E-state index contributed by atoms with van der Waals surface area (Å²) < 4.78 is 5.96. The number of carbonyl (C=O) groups is 1. The molecule has 0 atom stereocenters. The van der Waals surface area contributed by atoms with Crippen molar-refractivity contribution in [2.45, 2.75) is 6.42 Å². The Morgan fingerprint density at radius 3 is 2.73 bits per heavy atom. The first-order chi connectivity index (χ1) is 10.6. The van der Waals surface area contributed by atoms with Crippen LogP contribution in [0.25, 0.3) is 0 Å². The highest BCUT2D eigenvalue weighted by atomic mass is 79.9. The third kappa shape index (κ3) is 4.33. The summed E-state index contributed by atoms with van der Waals surface area (Å²) in [6, 6.07) is 12.5. The van der Waals surface area contributed by atoms with E-state index in [9.17, 15) is 9.90 Å². The summed E-state index contributed by atoms with van der Waals surface area (Å²) in [4.78, 5) is 11.8. The third-order valence-corrected chi connectivity index (χ3v) is 3.45. The van der Waals surface area contributed by atoms with Crippen molar-refractivity contribution >= 4 is 28.1 Å². The van der Waals surface area contributed by atoms with Gasteiger partial charge in [0.1, 0.15) is 0 Å². The normalized spacial score (nSPS) is 10.6. The highest BCUT2D eigenvalue weighted by molar-refractivity contribution is 9.10. The second-order valence-corrected chi connectivity index (χ2v) is 5.41. The Morgan fingerprint density at radius 1 is 1.32 bits per heavy atom. The Hall–Kier alpha value is -2.34. The highest BCUT2D eigenvalue weighted by Gasteiger charge is 2.05. The van der Waals surface area contributed by atoms with Crippen LogP contribution in [0.4, 0.5) is 0 Å². The standard InChI is InChI=1S/C16H15BrN2O3/c1-22-14-4-2-3-12(16(14)21)10-18-19-15(20)9-11-5-7-13(17)8-6-11/h2-8,10,21H,9H2,1H3,(H,19,20)/b18-10-. The largest absolute Gasteiger partial charge is 0.504 e. The Labute approximate surface area is 136 Å². The minimum Gasteiger partial charge on any atom is -0.504 e. The van der Waals surface area contributed by atoms with Gasteiger partial charge in [0.2, 0.25) is 5.91 Å². The van der Waals surface area contributed by atoms with Crippen molar-refractivity contribution in [1.29, 1.82) is 0 Å². The molecule has 1 amide bonds. The number of nitrogens with zero attached hydrogens (tertiary/aromatic N) is 1. The lowest BCUT2D eigenvalue weighted by Gasteiger charge is -2.05. The molecule has 0 heterocycles. The van der Waals surface area contributed by atoms with E-state index in [0.29, 0.717) is 11.3 Å². The van der Waals surface area contributed by atoms with Crippen molar-refractivity contribution in [3.8, 4) is 11.5 Å². The monoisotopic (exact) mass is 362 g/mol. The van der Waals surface area contributed by atoms with E-state index in [-0.39, 0.29) is 18.1 Å². The van der Waals surface area contributed by atoms with Crippen molar-refractivity contribution in [2.75, 3.05) is 7.11 Å². The fourth-order valence-corrected chi connectivity index (χ4v) is 2.07. The number of hydrogen-bond donors (Lipinski definition) is 2. The molecule has 0 radical (unpaired) electrons. The Kier molecular flexibility index (Phi) is 5.55. The molecule has 0 aliphatic carbocycles. The fraction of sp³-hybridized carbons (Fsp3) is 0.125. The SMILES string of the molecule is COc1cccc(/C=N\NC(=O)Cc2ccc(Br)cc2)c1O. The minimum absolute atomic E-state index is 0.0177. The van der Waals surface area contributed by atoms with Gasteiger partial charge < -0.3 is 9.84 Å². The van der Waals surface area contributed by atoms with Crippen LogP contribution in [0.15, 0.2) is 52.0 Å². The van der Waals surface area contributed by atoms with Crippen LogP contribution in [0, 0.1) is 0 Å². The molecule has 0 unspecified atom stereocenters. The predicted octanol–water partition coefficient (Wildman–Crippen LogP) is 2.86. The van der Waals surface area contributed by atoms with Crippen LogP contribution < -0.4 is 10.2 Å². The number of ether oxygens (including phenoxy) is 1. The van der Waals surface area contributed by atoms with Crippen LogP contribution in [0.1, 0.15) is 11.1 Å². The number of rotatable bonds is 5. The van der Waals surface area contributed by atoms with E-state index in [2.05, 4.69) is 26.5 Å². The predicted molar refractivity (Wildman–Crippen MR) is 88.2 cm³/mol. The van der Waals surface area contributed by atoms with Gasteiger partial charge in [-0.15, -0.1) is 0 Å². The number of phenolic OH excluding ortho intramolecular Hbond substituents is 1. The maximum atomic E-state index is 11.8. The van der Waals surface area contributed by atoms with Gasteiger partial charge in [0, 0.05) is 10.0 Å². The van der Waals surface area contributed by atoms with Crippen LogP contribution >= 0.6 is 15.9 Å². The summed E-state index contributed by atoms with van der Waals surface area (Å²) in [7, 11) is 1.47. The van der Waals surface area contributed by atoms with Crippen LogP contribution in [0.2, 0.25) is 0 Å². The average Bonchev–Trinajstić information content (AvgIpc) is 2.51. The molecular formula is C16H15BrN2O3. The first-order valence-corrected chi connectivity index (χ1v) is 7.32. The number of methoxy groups -OCH3 is 1. The summed E-state index contributed by atoms with van der Waals surface area (Å²) >= 11 is 3.34. The fourth-order valence-electron chi connectivity index (χ4n) is 1.81. The lowest BCUT2D eigenvalue weighted by Crippen LogP contribution is -2.19. The summed E-state index contributed by atoms with van der Waals surface area (Å²) in [6.07, 6.45) is 1.60. The summed E-state index contributed by atoms with van der Waals surface area (Å²) in [5.74, 6) is 0.0991. The van der Waals surface area contributed by atoms with Gasteiger partial charge in [-0.1, -0.05) is 34.1 Å². The van der Waals surface area contributed by atoms with Gasteiger partial charge in [-0.05, 0) is 29.8 Å². The molecule has 0 aliphatic rings. The molecule has 114 valence electrons. The van der Waals surface area contributed by atoms with Crippen LogP contribution in [0.3, 0.4) is 0 Å². The summed E-state index contributed by atoms with van der Waals surface area (Å²) in [5.41, 5.74) is 3.78. The van der Waals surface area contributed by atoms with Gasteiger partial charge in [0.15, 0.2) is 11.5 Å². The molecule has 0 aromatic heterocycles. The molecule has 0 saturated heterocycles. The molecule has 2 N–H and O–H groups in total. The molecule has 2 aromatic carbocycles. The topological polar surface area (TPSA) is 70.9 Å². The summed E-state index contributed by atoms with van der Waals surface area (Å²) in [5, 5.41) is 13.7. The Morgan fingerprint density at radius 2 is 2.05 bits per heavy atom. The molecule has 0 aliphatic heterocycles. The first kappa shape index (κ1) is 16.0. The van der Waals surface area contributed by atoms with Gasteiger partial charge in [-0.2, -0.15) is 5.10 Å². The van der Waals surface area contributed by atoms with Crippen molar-refractivity contribution in [3.05, 3.63) is 58.1 Å². The van der Waals surface area contributed by atoms with Crippen LogP contribution in [0.5, 0.6) is 11.5 Å². The van der Waals surface area contributed by atoms with Gasteiger partial charge in [-0.25, -0.2) is 5.43 Å². The van der Waals surface area contributed by atoms with Gasteiger partial charge in [0.05, 0.1) is 19.7 Å². The second-order valence-electron chi connectivity index (χ2n) is 4.49. The number of halogens is 1. The second kappa shape index (κ2) is 7.61. The zero-order valence-electron chi connectivity index (χ0n) is 11.9. The molecule has 2 rings (SSSR count). The number of benzene rings is 2. The molecule has 0 fully saturated rings. The van der Waals surface area contributed by atoms with E-state index in [1.165, 1.54) is 13.3 Å². The van der Waals surface area contributed by atoms with E-state index in [1.54, 1.807) is 18.2 Å². The number of hydrogen-bond acceptors (Lipinski definition) is 4. The van der Waals surface area contributed by atoms with Crippen molar-refractivity contribution < 1.29 is 14.6 Å². The van der Waals surface area contributed by atoms with Gasteiger partial charge in [-0.3, -0.25) is 4.79 Å². The van der Waals surface area contributed by atoms with Gasteiger partial charge >= 0.3 is 0 Å². The molecule has 22 heavy (non-hydrogen) atoms. The molecular weight excluding hydrogens is 348 g/mol. The van der Waals surface area contributed by atoms with Crippen molar-refractivity contribution in [3.63, 3.8) is 0 Å². The quantitative estimate of drug-likeness (QED) is 0.634. The third-order valence-electron chi connectivity index (χ3n) is 2.92. The average molecular weight is 363 g/mol. The maximum absolute atomic E-state index is 11.8. The smallest absolute Gasteiger partial charge is 0.244 e. The highest BCUT2D eigenvalue weighted by Crippen LogP contribution is 2.27. The van der Waals surface area contributed by atoms with Crippen LogP contribution in [-0.4, -0.2) is 24.3 Å². The molecule has 2 aromatic rings. The number of phenols is 1. The lowest BCUT2D eigenvalue weighted by molar-refractivity contribution is -0.120. The van der Waals surface area contributed by atoms with E-state index in [1.807, 2.05) is 24.3 Å². The van der Waals surface area contributed by atoms with E-state index in [0.717, 1.165) is 10.0 Å². The Balaban J connectivity index is 1.94. The van der Waals surface area contributed by atoms with E-state index < -0.39 is 0 Å².